The zero-order chi connectivity index (χ0) is 24.7. The molecule has 3 rings (SSSR count). The fraction of sp³-hybridized carbons (Fsp3) is 0.440. The molecule has 2 heterocycles. The van der Waals surface area contributed by atoms with Gasteiger partial charge >= 0.3 is 0 Å². The van der Waals surface area contributed by atoms with Gasteiger partial charge in [0, 0.05) is 25.7 Å². The Morgan fingerprint density at radius 1 is 1.26 bits per heavy atom. The third-order valence-corrected chi connectivity index (χ3v) is 7.51. The minimum Gasteiger partial charge on any atom is -0.395 e. The van der Waals surface area contributed by atoms with Crippen molar-refractivity contribution in [1.82, 2.24) is 9.88 Å². The van der Waals surface area contributed by atoms with E-state index < -0.39 is 11.2 Å². The fourth-order valence-electron chi connectivity index (χ4n) is 4.39. The Hall–Kier alpha value is -3.11. The molecular formula is C25H30N6O2S. The van der Waals surface area contributed by atoms with E-state index in [2.05, 4.69) is 21.9 Å². The topological polar surface area (TPSA) is 130 Å². The second-order valence-electron chi connectivity index (χ2n) is 8.28. The Kier molecular flexibility index (Phi) is 8.89. The van der Waals surface area contributed by atoms with Crippen molar-refractivity contribution >= 4 is 23.5 Å². The maximum absolute atomic E-state index is 12.3. The molecule has 1 fully saturated rings. The third-order valence-electron chi connectivity index (χ3n) is 6.26. The Bertz CT molecular complexity index is 1090. The van der Waals surface area contributed by atoms with E-state index in [-0.39, 0.29) is 6.61 Å². The predicted molar refractivity (Wildman–Crippen MR) is 132 cm³/mol. The van der Waals surface area contributed by atoms with Crippen LogP contribution in [0.2, 0.25) is 0 Å². The highest BCUT2D eigenvalue weighted by Gasteiger charge is 2.29. The van der Waals surface area contributed by atoms with E-state index in [0.29, 0.717) is 59.6 Å². The van der Waals surface area contributed by atoms with Crippen molar-refractivity contribution in [2.75, 3.05) is 38.2 Å². The van der Waals surface area contributed by atoms with Crippen LogP contribution in [-0.4, -0.2) is 60.2 Å². The van der Waals surface area contributed by atoms with Crippen LogP contribution in [0, 0.1) is 22.7 Å². The summed E-state index contributed by atoms with van der Waals surface area (Å²) in [5, 5.41) is 28.9. The van der Waals surface area contributed by atoms with E-state index in [1.165, 1.54) is 0 Å². The number of nitriles is 2. The molecule has 1 unspecified atom stereocenters. The number of pyridine rings is 1. The van der Waals surface area contributed by atoms with E-state index in [9.17, 15) is 20.4 Å². The summed E-state index contributed by atoms with van der Waals surface area (Å²) < 4.78 is 0. The van der Waals surface area contributed by atoms with Crippen LogP contribution >= 0.6 is 11.8 Å². The maximum atomic E-state index is 12.3. The number of nitrogens with two attached hydrogens (primary N) is 1. The number of aliphatic hydroxyl groups is 1. The molecule has 3 N–H and O–H groups in total. The summed E-state index contributed by atoms with van der Waals surface area (Å²) in [7, 11) is 2.01. The van der Waals surface area contributed by atoms with Gasteiger partial charge in [-0.15, -0.1) is 0 Å². The summed E-state index contributed by atoms with van der Waals surface area (Å²) in [6.07, 6.45) is 2.25. The number of hydrogen-bond donors (Lipinski definition) is 2. The molecule has 9 heteroatoms. The number of aromatic nitrogens is 1. The molecule has 1 amide bonds. The first kappa shape index (κ1) is 25.5. The number of likely N-dealkylation sites (N-methyl/N-ethyl adjacent to an activating group) is 1. The maximum Gasteiger partial charge on any atom is 0.235 e. The smallest absolute Gasteiger partial charge is 0.235 e. The van der Waals surface area contributed by atoms with Gasteiger partial charge in [-0.3, -0.25) is 4.79 Å². The number of carbonyl (C=O) groups is 1. The number of primary amides is 1. The van der Waals surface area contributed by atoms with Gasteiger partial charge in [0.25, 0.3) is 0 Å². The van der Waals surface area contributed by atoms with Crippen LogP contribution in [0.5, 0.6) is 0 Å². The lowest BCUT2D eigenvalue weighted by atomic mass is 9.99. The van der Waals surface area contributed by atoms with Gasteiger partial charge in [0.2, 0.25) is 5.91 Å². The van der Waals surface area contributed by atoms with Gasteiger partial charge in [-0.05, 0) is 37.4 Å². The van der Waals surface area contributed by atoms with Crippen molar-refractivity contribution < 1.29 is 9.90 Å². The van der Waals surface area contributed by atoms with E-state index in [0.717, 1.165) is 30.2 Å². The molecule has 1 atom stereocenters. The number of rotatable bonds is 9. The lowest BCUT2D eigenvalue weighted by Crippen LogP contribution is -2.44. The highest BCUT2D eigenvalue weighted by atomic mass is 32.2. The second kappa shape index (κ2) is 11.8. The molecule has 1 saturated heterocycles. The number of hydrogen-bond acceptors (Lipinski definition) is 8. The first-order valence-corrected chi connectivity index (χ1v) is 12.3. The number of nitrogens with zero attached hydrogens (tertiary/aromatic N) is 5. The summed E-state index contributed by atoms with van der Waals surface area (Å²) in [6.45, 7) is 4.07. The van der Waals surface area contributed by atoms with E-state index in [1.54, 1.807) is 0 Å². The van der Waals surface area contributed by atoms with Crippen molar-refractivity contribution in [1.29, 1.82) is 10.5 Å². The largest absolute Gasteiger partial charge is 0.395 e. The lowest BCUT2D eigenvalue weighted by Gasteiger charge is -2.37. The summed E-state index contributed by atoms with van der Waals surface area (Å²) in [5.74, 6) is 0.0407. The van der Waals surface area contributed by atoms with Gasteiger partial charge in [-0.1, -0.05) is 49.0 Å². The van der Waals surface area contributed by atoms with Gasteiger partial charge in [0.1, 0.15) is 28.2 Å². The fourth-order valence-corrected chi connectivity index (χ4v) is 5.44. The van der Waals surface area contributed by atoms with Gasteiger partial charge in [0.05, 0.1) is 17.7 Å². The van der Waals surface area contributed by atoms with Crippen molar-refractivity contribution in [2.45, 2.75) is 42.5 Å². The molecule has 0 aliphatic carbocycles. The van der Waals surface area contributed by atoms with Crippen molar-refractivity contribution in [2.24, 2.45) is 5.73 Å². The molecule has 0 radical (unpaired) electrons. The Morgan fingerprint density at radius 3 is 2.44 bits per heavy atom. The quantitative estimate of drug-likeness (QED) is 0.526. The van der Waals surface area contributed by atoms with Crippen molar-refractivity contribution in [3.8, 4) is 12.1 Å². The van der Waals surface area contributed by atoms with Gasteiger partial charge in [-0.2, -0.15) is 10.5 Å². The van der Waals surface area contributed by atoms with Crippen LogP contribution < -0.4 is 10.6 Å². The number of anilines is 1. The second-order valence-corrected chi connectivity index (χ2v) is 9.37. The van der Waals surface area contributed by atoms with Gasteiger partial charge < -0.3 is 20.6 Å². The summed E-state index contributed by atoms with van der Waals surface area (Å²) in [4.78, 5) is 21.4. The third kappa shape index (κ3) is 5.51. The zero-order valence-corrected chi connectivity index (χ0v) is 20.4. The minimum absolute atomic E-state index is 0.120. The molecule has 1 aliphatic rings. The number of thioether (sulfide) groups is 1. The average Bonchev–Trinajstić information content (AvgIpc) is 2.86. The SMILES string of the molecule is CCc1c(C#N)c(SC(C(N)=O)c2ccccc2)nc(N2CCC(N(C)CCO)CC2)c1C#N. The van der Waals surface area contributed by atoms with E-state index in [1.807, 2.05) is 44.3 Å². The van der Waals surface area contributed by atoms with Gasteiger partial charge in [-0.25, -0.2) is 4.98 Å². The summed E-state index contributed by atoms with van der Waals surface area (Å²) >= 11 is 1.16. The number of benzene rings is 1. The molecule has 0 spiro atoms. The molecule has 1 aromatic carbocycles. The first-order chi connectivity index (χ1) is 16.4. The number of carbonyl (C=O) groups excluding carboxylic acids is 1. The molecule has 0 bridgehead atoms. The van der Waals surface area contributed by atoms with Crippen molar-refractivity contribution in [3.05, 3.63) is 52.6 Å². The summed E-state index contributed by atoms with van der Waals surface area (Å²) in [5.41, 5.74) is 7.86. The Labute approximate surface area is 205 Å². The number of piperidine rings is 1. The minimum atomic E-state index is -0.704. The highest BCUT2D eigenvalue weighted by molar-refractivity contribution is 8.00. The Balaban J connectivity index is 2.00. The van der Waals surface area contributed by atoms with Crippen LogP contribution in [0.25, 0.3) is 0 Å². The molecule has 1 aliphatic heterocycles. The number of aliphatic hydroxyl groups excluding tert-OH is 1. The van der Waals surface area contributed by atoms with E-state index >= 15 is 0 Å². The van der Waals surface area contributed by atoms with Crippen LogP contribution in [-0.2, 0) is 11.2 Å². The molecule has 1 aromatic heterocycles. The molecular weight excluding hydrogens is 448 g/mol. The zero-order valence-electron chi connectivity index (χ0n) is 19.6. The highest BCUT2D eigenvalue weighted by Crippen LogP contribution is 2.40. The van der Waals surface area contributed by atoms with Gasteiger partial charge in [0.15, 0.2) is 0 Å². The molecule has 34 heavy (non-hydrogen) atoms. The first-order valence-electron chi connectivity index (χ1n) is 11.4. The standard InChI is InChI=1S/C25H30N6O2S/c1-3-19-20(15-26)24(31-11-9-18(10-12-31)30(2)13-14-32)29-25(21(19)16-27)34-22(23(28)33)17-7-5-4-6-8-17/h4-8,18,22,32H,3,9-14H2,1-2H3,(H2,28,33). The van der Waals surface area contributed by atoms with Crippen LogP contribution in [0.1, 0.15) is 47.3 Å². The average molecular weight is 479 g/mol. The molecule has 178 valence electrons. The van der Waals surface area contributed by atoms with Crippen LogP contribution in [0.3, 0.4) is 0 Å². The molecule has 8 nitrogen and oxygen atoms in total. The molecule has 2 aromatic rings. The van der Waals surface area contributed by atoms with E-state index in [4.69, 9.17) is 10.7 Å². The number of amides is 1. The van der Waals surface area contributed by atoms with Crippen LogP contribution in [0.4, 0.5) is 5.82 Å². The monoisotopic (exact) mass is 478 g/mol. The Morgan fingerprint density at radius 2 is 1.91 bits per heavy atom. The predicted octanol–water partition coefficient (Wildman–Crippen LogP) is 2.60. The van der Waals surface area contributed by atoms with Crippen LogP contribution in [0.15, 0.2) is 35.4 Å². The normalized spacial score (nSPS) is 15.1. The lowest BCUT2D eigenvalue weighted by molar-refractivity contribution is -0.117. The van der Waals surface area contributed by atoms with Crippen molar-refractivity contribution in [3.63, 3.8) is 0 Å². The summed E-state index contributed by atoms with van der Waals surface area (Å²) in [6, 6.07) is 14.0. The molecule has 0 saturated carbocycles.